The highest BCUT2D eigenvalue weighted by Gasteiger charge is 2.22. The first kappa shape index (κ1) is 17.2. The third-order valence-electron chi connectivity index (χ3n) is 5.74. The number of benzene rings is 2. The molecule has 0 radical (unpaired) electrons. The van der Waals surface area contributed by atoms with Crippen molar-refractivity contribution in [2.45, 2.75) is 63.8 Å². The fourth-order valence-corrected chi connectivity index (χ4v) is 4.11. The minimum atomic E-state index is -0.0231. The average molecular weight is 322 g/mol. The van der Waals surface area contributed by atoms with Crippen molar-refractivity contribution in [1.29, 1.82) is 0 Å². The molecule has 2 aromatic carbocycles. The maximum Gasteiger partial charge on any atom is 0.0551 e. The SMILES string of the molecule is CCCCC1CCC(c2ccc(C(N)c3ccccc3)cc2)CC1. The Labute approximate surface area is 147 Å². The Morgan fingerprint density at radius 1 is 0.875 bits per heavy atom. The topological polar surface area (TPSA) is 26.0 Å². The lowest BCUT2D eigenvalue weighted by Crippen LogP contribution is -2.14. The highest BCUT2D eigenvalue weighted by atomic mass is 14.6. The van der Waals surface area contributed by atoms with Crippen LogP contribution in [-0.4, -0.2) is 0 Å². The quantitative estimate of drug-likeness (QED) is 0.673. The van der Waals surface area contributed by atoms with Gasteiger partial charge in [0, 0.05) is 0 Å². The second kappa shape index (κ2) is 8.48. The molecular formula is C23H31N. The monoisotopic (exact) mass is 321 g/mol. The van der Waals surface area contributed by atoms with Gasteiger partial charge in [-0.2, -0.15) is 0 Å². The normalized spacial score (nSPS) is 22.2. The van der Waals surface area contributed by atoms with Crippen LogP contribution in [0, 0.1) is 5.92 Å². The summed E-state index contributed by atoms with van der Waals surface area (Å²) in [5.74, 6) is 1.73. The van der Waals surface area contributed by atoms with Crippen LogP contribution in [0.5, 0.6) is 0 Å². The Hall–Kier alpha value is -1.60. The molecule has 0 spiro atoms. The van der Waals surface area contributed by atoms with Gasteiger partial charge in [-0.25, -0.2) is 0 Å². The number of hydrogen-bond acceptors (Lipinski definition) is 1. The lowest BCUT2D eigenvalue weighted by atomic mass is 9.77. The zero-order valence-corrected chi connectivity index (χ0v) is 15.0. The molecule has 0 aliphatic heterocycles. The van der Waals surface area contributed by atoms with E-state index in [0.29, 0.717) is 0 Å². The fraction of sp³-hybridized carbons (Fsp3) is 0.478. The van der Waals surface area contributed by atoms with Crippen molar-refractivity contribution in [3.63, 3.8) is 0 Å². The van der Waals surface area contributed by atoms with Crippen molar-refractivity contribution in [2.24, 2.45) is 11.7 Å². The highest BCUT2D eigenvalue weighted by Crippen LogP contribution is 2.38. The molecule has 0 saturated heterocycles. The van der Waals surface area contributed by atoms with Crippen molar-refractivity contribution in [1.82, 2.24) is 0 Å². The second-order valence-corrected chi connectivity index (χ2v) is 7.41. The zero-order chi connectivity index (χ0) is 16.8. The van der Waals surface area contributed by atoms with Gasteiger partial charge in [-0.3, -0.25) is 0 Å². The number of hydrogen-bond donors (Lipinski definition) is 1. The molecule has 1 fully saturated rings. The van der Waals surface area contributed by atoms with Crippen LogP contribution in [0.3, 0.4) is 0 Å². The van der Waals surface area contributed by atoms with Gasteiger partial charge in [-0.1, -0.05) is 80.8 Å². The summed E-state index contributed by atoms with van der Waals surface area (Å²) in [5.41, 5.74) is 10.3. The van der Waals surface area contributed by atoms with Gasteiger partial charge < -0.3 is 5.73 Å². The van der Waals surface area contributed by atoms with Crippen molar-refractivity contribution >= 4 is 0 Å². The van der Waals surface area contributed by atoms with E-state index in [1.54, 1.807) is 0 Å². The van der Waals surface area contributed by atoms with Crippen molar-refractivity contribution < 1.29 is 0 Å². The van der Waals surface area contributed by atoms with E-state index < -0.39 is 0 Å². The molecule has 2 N–H and O–H groups in total. The lowest BCUT2D eigenvalue weighted by molar-refractivity contribution is 0.304. The summed E-state index contributed by atoms with van der Waals surface area (Å²) < 4.78 is 0. The Balaban J connectivity index is 1.59. The molecule has 0 bridgehead atoms. The molecule has 1 aliphatic rings. The molecule has 24 heavy (non-hydrogen) atoms. The van der Waals surface area contributed by atoms with E-state index in [1.165, 1.54) is 61.6 Å². The molecule has 0 amide bonds. The molecule has 0 heterocycles. The first-order valence-corrected chi connectivity index (χ1v) is 9.68. The van der Waals surface area contributed by atoms with E-state index >= 15 is 0 Å². The number of nitrogens with two attached hydrogens (primary N) is 1. The van der Waals surface area contributed by atoms with E-state index in [2.05, 4.69) is 55.5 Å². The molecule has 2 aromatic rings. The first-order chi connectivity index (χ1) is 11.8. The van der Waals surface area contributed by atoms with Gasteiger partial charge >= 0.3 is 0 Å². The summed E-state index contributed by atoms with van der Waals surface area (Å²) in [5, 5.41) is 0. The van der Waals surface area contributed by atoms with Gasteiger partial charge in [0.25, 0.3) is 0 Å². The Bertz CT molecular complexity index is 594. The predicted molar refractivity (Wildman–Crippen MR) is 103 cm³/mol. The summed E-state index contributed by atoms with van der Waals surface area (Å²) in [4.78, 5) is 0. The fourth-order valence-electron chi connectivity index (χ4n) is 4.11. The predicted octanol–water partition coefficient (Wildman–Crippen LogP) is 6.20. The van der Waals surface area contributed by atoms with Gasteiger partial charge in [0.05, 0.1) is 6.04 Å². The van der Waals surface area contributed by atoms with Crippen molar-refractivity contribution in [2.75, 3.05) is 0 Å². The maximum atomic E-state index is 6.41. The molecule has 0 aromatic heterocycles. The Kier molecular flexibility index (Phi) is 6.09. The number of unbranched alkanes of at least 4 members (excludes halogenated alkanes) is 1. The van der Waals surface area contributed by atoms with Gasteiger partial charge in [0.15, 0.2) is 0 Å². The molecular weight excluding hydrogens is 290 g/mol. The minimum Gasteiger partial charge on any atom is -0.320 e. The average Bonchev–Trinajstić information content (AvgIpc) is 2.67. The van der Waals surface area contributed by atoms with Crippen LogP contribution in [0.25, 0.3) is 0 Å². The van der Waals surface area contributed by atoms with Crippen LogP contribution < -0.4 is 5.73 Å². The smallest absolute Gasteiger partial charge is 0.0551 e. The zero-order valence-electron chi connectivity index (χ0n) is 15.0. The summed E-state index contributed by atoms with van der Waals surface area (Å²) in [6.07, 6.45) is 9.72. The van der Waals surface area contributed by atoms with E-state index in [4.69, 9.17) is 5.73 Å². The lowest BCUT2D eigenvalue weighted by Gasteiger charge is -2.29. The second-order valence-electron chi connectivity index (χ2n) is 7.41. The van der Waals surface area contributed by atoms with Crippen LogP contribution >= 0.6 is 0 Å². The van der Waals surface area contributed by atoms with Gasteiger partial charge in [0.1, 0.15) is 0 Å². The van der Waals surface area contributed by atoms with E-state index in [9.17, 15) is 0 Å². The largest absolute Gasteiger partial charge is 0.320 e. The van der Waals surface area contributed by atoms with Crippen molar-refractivity contribution in [3.8, 4) is 0 Å². The number of rotatable bonds is 6. The van der Waals surface area contributed by atoms with Crippen LogP contribution in [0.15, 0.2) is 54.6 Å². The van der Waals surface area contributed by atoms with Crippen molar-refractivity contribution in [3.05, 3.63) is 71.3 Å². The third-order valence-corrected chi connectivity index (χ3v) is 5.74. The molecule has 1 aliphatic carbocycles. The van der Waals surface area contributed by atoms with Crippen LogP contribution in [0.4, 0.5) is 0 Å². The molecule has 3 rings (SSSR count). The third kappa shape index (κ3) is 4.27. The van der Waals surface area contributed by atoms with Crippen LogP contribution in [0.2, 0.25) is 0 Å². The Morgan fingerprint density at radius 2 is 1.50 bits per heavy atom. The van der Waals surface area contributed by atoms with Gasteiger partial charge in [0.2, 0.25) is 0 Å². The molecule has 1 nitrogen and oxygen atoms in total. The summed E-state index contributed by atoms with van der Waals surface area (Å²) in [7, 11) is 0. The van der Waals surface area contributed by atoms with Crippen LogP contribution in [-0.2, 0) is 0 Å². The van der Waals surface area contributed by atoms with Gasteiger partial charge in [-0.05, 0) is 54.2 Å². The Morgan fingerprint density at radius 3 is 2.12 bits per heavy atom. The molecule has 1 atom stereocenters. The first-order valence-electron chi connectivity index (χ1n) is 9.68. The molecule has 1 unspecified atom stereocenters. The van der Waals surface area contributed by atoms with E-state index in [0.717, 1.165) is 11.8 Å². The summed E-state index contributed by atoms with van der Waals surface area (Å²) in [6.45, 7) is 2.30. The highest BCUT2D eigenvalue weighted by molar-refractivity contribution is 5.34. The molecule has 1 heteroatoms. The molecule has 1 saturated carbocycles. The summed E-state index contributed by atoms with van der Waals surface area (Å²) in [6, 6.07) is 19.4. The maximum absolute atomic E-state index is 6.41. The van der Waals surface area contributed by atoms with Gasteiger partial charge in [-0.15, -0.1) is 0 Å². The minimum absolute atomic E-state index is 0.0231. The van der Waals surface area contributed by atoms with E-state index in [-0.39, 0.29) is 6.04 Å². The summed E-state index contributed by atoms with van der Waals surface area (Å²) >= 11 is 0. The van der Waals surface area contributed by atoms with E-state index in [1.807, 2.05) is 6.07 Å². The molecule has 128 valence electrons. The van der Waals surface area contributed by atoms with Crippen LogP contribution in [0.1, 0.15) is 80.5 Å². The standard InChI is InChI=1S/C23H31N/c1-2-3-7-18-10-12-19(13-11-18)20-14-16-22(17-15-20)23(24)21-8-5-4-6-9-21/h4-6,8-9,14-19,23H,2-3,7,10-13,24H2,1H3.